The lowest BCUT2D eigenvalue weighted by atomic mass is 10.1. The fourth-order valence-electron chi connectivity index (χ4n) is 1.68. The minimum Gasteiger partial charge on any atom is -0.366 e. The van der Waals surface area contributed by atoms with Crippen LogP contribution in [0.1, 0.15) is 24.0 Å². The molecule has 0 unspecified atom stereocenters. The first-order valence-corrected chi connectivity index (χ1v) is 7.02. The minimum absolute atomic E-state index is 0.491. The SMILES string of the molecule is NC(=O)/C=C/C=C/CC/C=C\C=C\c1cccc(C(F)(F)F)c1. The molecule has 0 bridgehead atoms. The van der Waals surface area contributed by atoms with E-state index in [-0.39, 0.29) is 0 Å². The van der Waals surface area contributed by atoms with Gasteiger partial charge in [-0.05, 0) is 30.5 Å². The number of carbonyl (C=O) groups excluding carboxylic acids is 1. The van der Waals surface area contributed by atoms with Crippen LogP contribution >= 0.6 is 0 Å². The van der Waals surface area contributed by atoms with E-state index in [1.807, 2.05) is 12.2 Å². The quantitative estimate of drug-likeness (QED) is 0.443. The molecular weight excluding hydrogens is 303 g/mol. The Balaban J connectivity index is 2.40. The second-order valence-electron chi connectivity index (χ2n) is 4.68. The number of nitrogens with two attached hydrogens (primary N) is 1. The maximum absolute atomic E-state index is 12.6. The van der Waals surface area contributed by atoms with E-state index in [0.29, 0.717) is 5.56 Å². The van der Waals surface area contributed by atoms with Gasteiger partial charge in [-0.2, -0.15) is 13.2 Å². The fourth-order valence-corrected chi connectivity index (χ4v) is 1.68. The van der Waals surface area contributed by atoms with Crippen LogP contribution in [-0.4, -0.2) is 5.91 Å². The molecule has 122 valence electrons. The van der Waals surface area contributed by atoms with Crippen LogP contribution in [0.4, 0.5) is 13.2 Å². The van der Waals surface area contributed by atoms with E-state index in [0.717, 1.165) is 25.0 Å². The van der Waals surface area contributed by atoms with Gasteiger partial charge in [-0.15, -0.1) is 0 Å². The molecule has 23 heavy (non-hydrogen) atoms. The number of primary amides is 1. The molecule has 0 saturated heterocycles. The van der Waals surface area contributed by atoms with Crippen molar-refractivity contribution in [2.45, 2.75) is 19.0 Å². The Morgan fingerprint density at radius 1 is 1.04 bits per heavy atom. The highest BCUT2D eigenvalue weighted by Crippen LogP contribution is 2.29. The smallest absolute Gasteiger partial charge is 0.366 e. The highest BCUT2D eigenvalue weighted by molar-refractivity contribution is 5.85. The molecule has 0 spiro atoms. The summed E-state index contributed by atoms with van der Waals surface area (Å²) in [7, 11) is 0. The number of hydrogen-bond acceptors (Lipinski definition) is 1. The average molecular weight is 321 g/mol. The monoisotopic (exact) mass is 321 g/mol. The number of unbranched alkanes of at least 4 members (excludes halogenated alkanes) is 1. The van der Waals surface area contributed by atoms with Gasteiger partial charge in [-0.3, -0.25) is 4.79 Å². The van der Waals surface area contributed by atoms with E-state index in [1.54, 1.807) is 36.4 Å². The van der Waals surface area contributed by atoms with Gasteiger partial charge in [0.05, 0.1) is 5.56 Å². The lowest BCUT2D eigenvalue weighted by molar-refractivity contribution is -0.137. The predicted octanol–water partition coefficient (Wildman–Crippen LogP) is 4.65. The van der Waals surface area contributed by atoms with Gasteiger partial charge in [-0.1, -0.05) is 54.7 Å². The van der Waals surface area contributed by atoms with Crippen molar-refractivity contribution in [3.8, 4) is 0 Å². The number of hydrogen-bond donors (Lipinski definition) is 1. The minimum atomic E-state index is -4.32. The summed E-state index contributed by atoms with van der Waals surface area (Å²) in [4.78, 5) is 10.4. The molecule has 0 aromatic heterocycles. The van der Waals surface area contributed by atoms with Gasteiger partial charge in [0.2, 0.25) is 5.91 Å². The summed E-state index contributed by atoms with van der Waals surface area (Å²) in [6, 6.07) is 5.16. The van der Waals surface area contributed by atoms with Gasteiger partial charge < -0.3 is 5.73 Å². The normalized spacial score (nSPS) is 13.0. The molecule has 1 aromatic rings. The second-order valence-corrected chi connectivity index (χ2v) is 4.68. The predicted molar refractivity (Wildman–Crippen MR) is 86.3 cm³/mol. The van der Waals surface area contributed by atoms with Gasteiger partial charge in [0.15, 0.2) is 0 Å². The van der Waals surface area contributed by atoms with E-state index in [1.165, 1.54) is 12.1 Å². The first kappa shape index (κ1) is 18.5. The van der Waals surface area contributed by atoms with Gasteiger partial charge in [0.1, 0.15) is 0 Å². The zero-order valence-corrected chi connectivity index (χ0v) is 12.5. The maximum Gasteiger partial charge on any atom is 0.416 e. The molecule has 1 rings (SSSR count). The van der Waals surface area contributed by atoms with Gasteiger partial charge in [0, 0.05) is 6.08 Å². The van der Waals surface area contributed by atoms with Gasteiger partial charge in [-0.25, -0.2) is 0 Å². The van der Waals surface area contributed by atoms with E-state index < -0.39 is 17.6 Å². The van der Waals surface area contributed by atoms with Gasteiger partial charge >= 0.3 is 6.18 Å². The Bertz CT molecular complexity index is 625. The molecule has 0 aliphatic rings. The van der Waals surface area contributed by atoms with Crippen LogP contribution in [0.15, 0.2) is 66.8 Å². The third kappa shape index (κ3) is 8.46. The number of halogens is 3. The summed E-state index contributed by atoms with van der Waals surface area (Å²) in [5, 5.41) is 0. The zero-order valence-electron chi connectivity index (χ0n) is 12.5. The summed E-state index contributed by atoms with van der Waals surface area (Å²) in [5.74, 6) is -0.491. The number of amides is 1. The second kappa shape index (κ2) is 9.46. The van der Waals surface area contributed by atoms with Crippen LogP contribution in [-0.2, 0) is 11.0 Å². The van der Waals surface area contributed by atoms with E-state index in [4.69, 9.17) is 5.73 Å². The average Bonchev–Trinajstić information content (AvgIpc) is 2.48. The Morgan fingerprint density at radius 2 is 1.70 bits per heavy atom. The number of alkyl halides is 3. The molecular formula is C18H18F3NO. The third-order valence-corrected chi connectivity index (χ3v) is 2.76. The summed E-state index contributed by atoms with van der Waals surface area (Å²) in [5.41, 5.74) is 4.77. The van der Waals surface area contributed by atoms with Crippen molar-refractivity contribution in [1.29, 1.82) is 0 Å². The van der Waals surface area contributed by atoms with Crippen LogP contribution in [0.25, 0.3) is 6.08 Å². The highest BCUT2D eigenvalue weighted by Gasteiger charge is 2.30. The number of rotatable bonds is 7. The Hall–Kier alpha value is -2.56. The molecule has 2 nitrogen and oxygen atoms in total. The molecule has 0 radical (unpaired) electrons. The Kier molecular flexibility index (Phi) is 7.60. The number of allylic oxidation sites excluding steroid dienone is 6. The summed E-state index contributed by atoms with van der Waals surface area (Å²) < 4.78 is 37.7. The Morgan fingerprint density at radius 3 is 2.30 bits per heavy atom. The number of benzene rings is 1. The summed E-state index contributed by atoms with van der Waals surface area (Å²) in [6.07, 6.45) is 10.7. The lowest BCUT2D eigenvalue weighted by Gasteiger charge is -2.06. The summed E-state index contributed by atoms with van der Waals surface area (Å²) in [6.45, 7) is 0. The first-order chi connectivity index (χ1) is 10.9. The Labute approximate surface area is 133 Å². The topological polar surface area (TPSA) is 43.1 Å². The molecule has 1 aromatic carbocycles. The fraction of sp³-hybridized carbons (Fsp3) is 0.167. The van der Waals surface area contributed by atoms with Crippen molar-refractivity contribution >= 4 is 12.0 Å². The van der Waals surface area contributed by atoms with E-state index in [9.17, 15) is 18.0 Å². The van der Waals surface area contributed by atoms with E-state index >= 15 is 0 Å². The molecule has 0 saturated carbocycles. The third-order valence-electron chi connectivity index (χ3n) is 2.76. The zero-order chi connectivity index (χ0) is 17.1. The van der Waals surface area contributed by atoms with Crippen LogP contribution in [0, 0.1) is 0 Å². The van der Waals surface area contributed by atoms with Crippen molar-refractivity contribution in [1.82, 2.24) is 0 Å². The van der Waals surface area contributed by atoms with Crippen LogP contribution < -0.4 is 5.73 Å². The molecule has 0 aliphatic heterocycles. The maximum atomic E-state index is 12.6. The van der Waals surface area contributed by atoms with Crippen molar-refractivity contribution in [3.05, 3.63) is 77.9 Å². The van der Waals surface area contributed by atoms with Crippen LogP contribution in [0.5, 0.6) is 0 Å². The standard InChI is InChI=1S/C18H18F3NO/c19-18(20,21)16-12-9-11-15(14-16)10-7-5-3-1-2-4-6-8-13-17(22)23/h3-14H,1-2H2,(H2,22,23)/b5-3-,6-4+,10-7+,13-8+. The van der Waals surface area contributed by atoms with E-state index in [2.05, 4.69) is 0 Å². The van der Waals surface area contributed by atoms with Crippen LogP contribution in [0.2, 0.25) is 0 Å². The lowest BCUT2D eigenvalue weighted by Crippen LogP contribution is -2.04. The van der Waals surface area contributed by atoms with Crippen molar-refractivity contribution < 1.29 is 18.0 Å². The molecule has 0 aliphatic carbocycles. The van der Waals surface area contributed by atoms with Gasteiger partial charge in [0.25, 0.3) is 0 Å². The van der Waals surface area contributed by atoms with Crippen LogP contribution in [0.3, 0.4) is 0 Å². The highest BCUT2D eigenvalue weighted by atomic mass is 19.4. The molecule has 0 fully saturated rings. The molecule has 0 heterocycles. The van der Waals surface area contributed by atoms with Crippen molar-refractivity contribution in [2.75, 3.05) is 0 Å². The number of carbonyl (C=O) groups is 1. The molecule has 2 N–H and O–H groups in total. The first-order valence-electron chi connectivity index (χ1n) is 7.02. The molecule has 0 atom stereocenters. The van der Waals surface area contributed by atoms with Crippen molar-refractivity contribution in [2.24, 2.45) is 5.73 Å². The summed E-state index contributed by atoms with van der Waals surface area (Å²) >= 11 is 0. The van der Waals surface area contributed by atoms with Crippen molar-refractivity contribution in [3.63, 3.8) is 0 Å². The molecule has 5 heteroatoms. The largest absolute Gasteiger partial charge is 0.416 e. The molecule has 1 amide bonds.